The summed E-state index contributed by atoms with van der Waals surface area (Å²) < 4.78 is 5.97. The highest BCUT2D eigenvalue weighted by Gasteiger charge is 2.24. The summed E-state index contributed by atoms with van der Waals surface area (Å²) >= 11 is 6.05. The lowest BCUT2D eigenvalue weighted by molar-refractivity contribution is 0.0888. The van der Waals surface area contributed by atoms with Gasteiger partial charge in [0.1, 0.15) is 11.8 Å². The summed E-state index contributed by atoms with van der Waals surface area (Å²) in [7, 11) is 0. The van der Waals surface area contributed by atoms with Crippen molar-refractivity contribution in [1.82, 2.24) is 15.5 Å². The van der Waals surface area contributed by atoms with Gasteiger partial charge in [-0.1, -0.05) is 18.2 Å². The maximum atomic E-state index is 12.4. The second-order valence-corrected chi connectivity index (χ2v) is 7.31. The number of ether oxygens (including phenoxy) is 1. The molecule has 1 aromatic heterocycles. The number of aromatic nitrogens is 2. The molecule has 1 heterocycles. The highest BCUT2D eigenvalue weighted by atomic mass is 35.5. The molecule has 0 radical (unpaired) electrons. The third-order valence-corrected chi connectivity index (χ3v) is 5.02. The Hall–Kier alpha value is -2.91. The minimum absolute atomic E-state index is 0.0618. The van der Waals surface area contributed by atoms with Gasteiger partial charge in [-0.05, 0) is 62.4 Å². The lowest BCUT2D eigenvalue weighted by Gasteiger charge is -2.29. The van der Waals surface area contributed by atoms with Crippen LogP contribution in [0.15, 0.2) is 36.9 Å². The van der Waals surface area contributed by atoms with Crippen LogP contribution in [0.1, 0.15) is 54.4 Å². The Morgan fingerprint density at radius 1 is 1.21 bits per heavy atom. The Bertz CT molecular complexity index is 913. The fourth-order valence-corrected chi connectivity index (χ4v) is 3.33. The predicted molar refractivity (Wildman–Crippen MR) is 107 cm³/mol. The van der Waals surface area contributed by atoms with E-state index < -0.39 is 0 Å². The normalized spacial score (nSPS) is 18.8. The lowest BCUT2D eigenvalue weighted by Crippen LogP contribution is -2.40. The lowest BCUT2D eigenvalue weighted by atomic mass is 9.92. The molecule has 2 aromatic rings. The van der Waals surface area contributed by atoms with Crippen LogP contribution >= 0.6 is 11.6 Å². The summed E-state index contributed by atoms with van der Waals surface area (Å²) in [6, 6.07) is 10.6. The molecule has 0 saturated heterocycles. The third kappa shape index (κ3) is 4.87. The van der Waals surface area contributed by atoms with Gasteiger partial charge in [-0.15, -0.1) is 5.10 Å². The number of benzene rings is 1. The average Bonchev–Trinajstić information content (AvgIpc) is 2.69. The summed E-state index contributed by atoms with van der Waals surface area (Å²) in [5, 5.41) is 20.3. The van der Waals surface area contributed by atoms with Gasteiger partial charge in [-0.3, -0.25) is 4.79 Å². The van der Waals surface area contributed by atoms with Crippen LogP contribution in [0.25, 0.3) is 5.57 Å². The first-order valence-corrected chi connectivity index (χ1v) is 9.51. The Morgan fingerprint density at radius 3 is 2.46 bits per heavy atom. The van der Waals surface area contributed by atoms with Crippen molar-refractivity contribution in [3.8, 4) is 11.8 Å². The van der Waals surface area contributed by atoms with Crippen molar-refractivity contribution in [2.75, 3.05) is 0 Å². The van der Waals surface area contributed by atoms with Gasteiger partial charge < -0.3 is 10.1 Å². The fourth-order valence-electron chi connectivity index (χ4n) is 3.12. The van der Waals surface area contributed by atoms with Gasteiger partial charge in [0.25, 0.3) is 5.91 Å². The van der Waals surface area contributed by atoms with Crippen molar-refractivity contribution in [2.45, 2.75) is 44.8 Å². The molecule has 1 aliphatic carbocycles. The molecule has 0 unspecified atom stereocenters. The van der Waals surface area contributed by atoms with Crippen molar-refractivity contribution >= 4 is 23.1 Å². The first-order valence-electron chi connectivity index (χ1n) is 9.13. The van der Waals surface area contributed by atoms with Crippen LogP contribution in [0, 0.1) is 11.3 Å². The van der Waals surface area contributed by atoms with E-state index in [1.165, 1.54) is 0 Å². The maximum Gasteiger partial charge on any atom is 0.272 e. The van der Waals surface area contributed by atoms with Gasteiger partial charge in [-0.25, -0.2) is 0 Å². The van der Waals surface area contributed by atoms with Crippen LogP contribution in [0.5, 0.6) is 5.75 Å². The standard InChI is InChI=1S/C21H21ClN4O2/c1-13(2)19-9-10-20(26-25-19)21(27)24-15-4-7-16(8-5-15)28-17-6-3-14(12-23)18(22)11-17/h3,6,9-11,15-16H,1,4-5,7-8H2,2H3,(H,24,27). The van der Waals surface area contributed by atoms with E-state index in [0.29, 0.717) is 27.7 Å². The quantitative estimate of drug-likeness (QED) is 0.819. The summed E-state index contributed by atoms with van der Waals surface area (Å²) in [4.78, 5) is 12.4. The van der Waals surface area contributed by atoms with E-state index >= 15 is 0 Å². The molecule has 1 fully saturated rings. The van der Waals surface area contributed by atoms with E-state index in [9.17, 15) is 4.79 Å². The molecule has 0 atom stereocenters. The van der Waals surface area contributed by atoms with Crippen LogP contribution in [0.2, 0.25) is 5.02 Å². The first-order chi connectivity index (χ1) is 13.5. The molecule has 3 rings (SSSR count). The number of hydrogen-bond acceptors (Lipinski definition) is 5. The molecule has 0 spiro atoms. The molecule has 1 N–H and O–H groups in total. The average molecular weight is 397 g/mol. The van der Waals surface area contributed by atoms with E-state index in [-0.39, 0.29) is 18.1 Å². The molecule has 0 bridgehead atoms. The number of hydrogen-bond donors (Lipinski definition) is 1. The zero-order valence-electron chi connectivity index (χ0n) is 15.6. The molecule has 0 aliphatic heterocycles. The van der Waals surface area contributed by atoms with Crippen molar-refractivity contribution in [2.24, 2.45) is 0 Å². The number of rotatable bonds is 5. The summed E-state index contributed by atoms with van der Waals surface area (Å²) in [5.41, 5.74) is 2.22. The zero-order chi connectivity index (χ0) is 20.1. The van der Waals surface area contributed by atoms with Crippen LogP contribution in [0.4, 0.5) is 0 Å². The van der Waals surface area contributed by atoms with Gasteiger partial charge in [0.15, 0.2) is 5.69 Å². The number of nitriles is 1. The van der Waals surface area contributed by atoms with Crippen molar-refractivity contribution in [1.29, 1.82) is 5.26 Å². The first kappa shape index (κ1) is 19.8. The minimum atomic E-state index is -0.219. The molecule has 1 aromatic carbocycles. The van der Waals surface area contributed by atoms with Gasteiger partial charge in [0.05, 0.1) is 22.4 Å². The molecular formula is C21H21ClN4O2. The van der Waals surface area contributed by atoms with E-state index in [1.807, 2.05) is 13.0 Å². The number of carbonyl (C=O) groups is 1. The van der Waals surface area contributed by atoms with E-state index in [1.54, 1.807) is 30.3 Å². The van der Waals surface area contributed by atoms with Crippen LogP contribution < -0.4 is 10.1 Å². The third-order valence-electron chi connectivity index (χ3n) is 4.71. The second-order valence-electron chi connectivity index (χ2n) is 6.90. The zero-order valence-corrected chi connectivity index (χ0v) is 16.4. The van der Waals surface area contributed by atoms with Gasteiger partial charge in [0, 0.05) is 12.1 Å². The molecule has 1 amide bonds. The van der Waals surface area contributed by atoms with Crippen molar-refractivity contribution < 1.29 is 9.53 Å². The highest BCUT2D eigenvalue weighted by Crippen LogP contribution is 2.27. The predicted octanol–water partition coefficient (Wildman–Crippen LogP) is 4.15. The smallest absolute Gasteiger partial charge is 0.272 e. The molecule has 7 heteroatoms. The molecule has 1 aliphatic rings. The molecule has 6 nitrogen and oxygen atoms in total. The van der Waals surface area contributed by atoms with E-state index in [0.717, 1.165) is 31.3 Å². The molecule has 1 saturated carbocycles. The van der Waals surface area contributed by atoms with Gasteiger partial charge >= 0.3 is 0 Å². The molecule has 28 heavy (non-hydrogen) atoms. The number of allylic oxidation sites excluding steroid dienone is 1. The Kier molecular flexibility index (Phi) is 6.27. The summed E-state index contributed by atoms with van der Waals surface area (Å²) in [6.45, 7) is 5.65. The van der Waals surface area contributed by atoms with E-state index in [4.69, 9.17) is 21.6 Å². The number of nitrogens with zero attached hydrogens (tertiary/aromatic N) is 3. The van der Waals surface area contributed by atoms with Crippen LogP contribution in [-0.4, -0.2) is 28.3 Å². The van der Waals surface area contributed by atoms with Crippen molar-refractivity contribution in [3.05, 3.63) is 58.9 Å². The monoisotopic (exact) mass is 396 g/mol. The topological polar surface area (TPSA) is 87.9 Å². The Labute approximate surface area is 169 Å². The van der Waals surface area contributed by atoms with Gasteiger partial charge in [0.2, 0.25) is 0 Å². The SMILES string of the molecule is C=C(C)c1ccc(C(=O)NC2CCC(Oc3ccc(C#N)c(Cl)c3)CC2)nn1. The van der Waals surface area contributed by atoms with Crippen LogP contribution in [0.3, 0.4) is 0 Å². The Morgan fingerprint density at radius 2 is 1.89 bits per heavy atom. The number of halogens is 1. The summed E-state index contributed by atoms with van der Waals surface area (Å²) in [5.74, 6) is 0.438. The highest BCUT2D eigenvalue weighted by molar-refractivity contribution is 6.31. The molecule has 144 valence electrons. The fraction of sp³-hybridized carbons (Fsp3) is 0.333. The second kappa shape index (κ2) is 8.85. The van der Waals surface area contributed by atoms with Gasteiger partial charge in [-0.2, -0.15) is 10.4 Å². The number of amides is 1. The number of carbonyl (C=O) groups excluding carboxylic acids is 1. The van der Waals surface area contributed by atoms with Crippen LogP contribution in [-0.2, 0) is 0 Å². The van der Waals surface area contributed by atoms with Crippen molar-refractivity contribution in [3.63, 3.8) is 0 Å². The minimum Gasteiger partial charge on any atom is -0.490 e. The maximum absolute atomic E-state index is 12.4. The number of nitrogens with one attached hydrogen (secondary N) is 1. The Balaban J connectivity index is 1.50. The molecular weight excluding hydrogens is 376 g/mol. The largest absolute Gasteiger partial charge is 0.490 e. The van der Waals surface area contributed by atoms with E-state index in [2.05, 4.69) is 22.1 Å². The summed E-state index contributed by atoms with van der Waals surface area (Å²) in [6.07, 6.45) is 3.34.